The smallest absolute Gasteiger partial charge is 0.434 e. The number of carbonyl (C=O) groups excluding carboxylic acids is 1. The van der Waals surface area contributed by atoms with Gasteiger partial charge in [0, 0.05) is 11.1 Å². The fraction of sp³-hybridized carbons (Fsp3) is 0.387. The first-order valence-electron chi connectivity index (χ1n) is 13.6. The minimum Gasteiger partial charge on any atom is -0.493 e. The molecule has 43 heavy (non-hydrogen) atoms. The van der Waals surface area contributed by atoms with Crippen LogP contribution in [0.1, 0.15) is 43.1 Å². The third-order valence-electron chi connectivity index (χ3n) is 7.65. The third-order valence-corrected chi connectivity index (χ3v) is 7.65. The van der Waals surface area contributed by atoms with E-state index in [4.69, 9.17) is 29.8 Å². The second-order valence-electron chi connectivity index (χ2n) is 10.4. The Balaban J connectivity index is 1.80. The Morgan fingerprint density at radius 3 is 2.44 bits per heavy atom. The number of ether oxygens (including phenoxy) is 4. The summed E-state index contributed by atoms with van der Waals surface area (Å²) in [4.78, 5) is 13.2. The molecule has 232 valence electrons. The van der Waals surface area contributed by atoms with E-state index in [2.05, 4.69) is 5.32 Å². The van der Waals surface area contributed by atoms with E-state index in [1.807, 2.05) is 0 Å². The fourth-order valence-electron chi connectivity index (χ4n) is 5.08. The van der Waals surface area contributed by atoms with E-state index < -0.39 is 35.6 Å². The molecule has 0 saturated carbocycles. The molecule has 0 saturated heterocycles. The van der Waals surface area contributed by atoms with Crippen LogP contribution in [0.25, 0.3) is 5.57 Å². The molecule has 2 aliphatic heterocycles. The molecule has 12 heteroatoms. The zero-order valence-electron chi connectivity index (χ0n) is 24.2. The van der Waals surface area contributed by atoms with Crippen molar-refractivity contribution in [2.24, 2.45) is 5.73 Å². The van der Waals surface area contributed by atoms with Crippen molar-refractivity contribution in [3.8, 4) is 11.5 Å². The van der Waals surface area contributed by atoms with Gasteiger partial charge in [0.2, 0.25) is 5.60 Å². The van der Waals surface area contributed by atoms with Gasteiger partial charge in [0.15, 0.2) is 11.5 Å². The van der Waals surface area contributed by atoms with Crippen LogP contribution in [0.4, 0.5) is 17.6 Å². The molecule has 2 unspecified atom stereocenters. The molecule has 0 aliphatic carbocycles. The number of halogens is 4. The molecular weight excluding hydrogens is 572 g/mol. The number of benzene rings is 2. The first-order valence-corrected chi connectivity index (χ1v) is 13.6. The molecule has 2 heterocycles. The Morgan fingerprint density at radius 2 is 1.84 bits per heavy atom. The Hall–Kier alpha value is -4.03. The highest BCUT2D eigenvalue weighted by molar-refractivity contribution is 5.95. The number of hydrogen-bond donors (Lipinski definition) is 3. The van der Waals surface area contributed by atoms with E-state index in [1.165, 1.54) is 69.5 Å². The maximum absolute atomic E-state index is 15.2. The number of amides is 1. The maximum atomic E-state index is 15.2. The lowest BCUT2D eigenvalue weighted by Gasteiger charge is -2.39. The van der Waals surface area contributed by atoms with Gasteiger partial charge in [-0.15, -0.1) is 0 Å². The van der Waals surface area contributed by atoms with E-state index in [0.717, 1.165) is 0 Å². The molecule has 1 amide bonds. The van der Waals surface area contributed by atoms with Gasteiger partial charge in [-0.3, -0.25) is 4.79 Å². The number of methoxy groups -OCH3 is 1. The summed E-state index contributed by atoms with van der Waals surface area (Å²) in [5.41, 5.74) is 3.21. The second-order valence-corrected chi connectivity index (χ2v) is 10.4. The van der Waals surface area contributed by atoms with E-state index in [0.29, 0.717) is 17.6 Å². The summed E-state index contributed by atoms with van der Waals surface area (Å²) in [6, 6.07) is 9.31. The van der Waals surface area contributed by atoms with Crippen LogP contribution in [0.3, 0.4) is 0 Å². The van der Waals surface area contributed by atoms with Gasteiger partial charge in [-0.1, -0.05) is 25.1 Å². The number of aliphatic hydroxyl groups is 1. The molecule has 4 rings (SSSR count). The summed E-state index contributed by atoms with van der Waals surface area (Å²) >= 11 is 0. The maximum Gasteiger partial charge on any atom is 0.434 e. The number of hydrogen-bond acceptors (Lipinski definition) is 7. The first-order chi connectivity index (χ1) is 20.3. The number of aliphatic hydroxyl groups excluding tert-OH is 1. The van der Waals surface area contributed by atoms with Crippen molar-refractivity contribution in [1.29, 1.82) is 0 Å². The normalized spacial score (nSPS) is 23.3. The average molecular weight is 607 g/mol. The van der Waals surface area contributed by atoms with Crippen LogP contribution >= 0.6 is 0 Å². The van der Waals surface area contributed by atoms with Crippen molar-refractivity contribution in [3.63, 3.8) is 0 Å². The highest BCUT2D eigenvalue weighted by Crippen LogP contribution is 2.48. The van der Waals surface area contributed by atoms with Crippen LogP contribution in [0.5, 0.6) is 11.5 Å². The van der Waals surface area contributed by atoms with Crippen molar-refractivity contribution < 1.29 is 46.4 Å². The minimum absolute atomic E-state index is 0.0124. The van der Waals surface area contributed by atoms with Crippen LogP contribution in [-0.4, -0.2) is 61.8 Å². The minimum atomic E-state index is -5.00. The monoisotopic (exact) mass is 606 g/mol. The van der Waals surface area contributed by atoms with Crippen molar-refractivity contribution in [2.45, 2.75) is 44.5 Å². The predicted molar refractivity (Wildman–Crippen MR) is 151 cm³/mol. The summed E-state index contributed by atoms with van der Waals surface area (Å²) in [7, 11) is 1.34. The van der Waals surface area contributed by atoms with E-state index >= 15 is 13.2 Å². The summed E-state index contributed by atoms with van der Waals surface area (Å²) in [5.74, 6) is -0.828. The molecule has 2 aromatic carbocycles. The number of alkyl halides is 3. The van der Waals surface area contributed by atoms with E-state index in [1.54, 1.807) is 6.92 Å². The largest absolute Gasteiger partial charge is 0.493 e. The summed E-state index contributed by atoms with van der Waals surface area (Å²) in [6.07, 6.45) is -3.32. The van der Waals surface area contributed by atoms with E-state index in [9.17, 15) is 9.18 Å². The van der Waals surface area contributed by atoms with Gasteiger partial charge in [0.05, 0.1) is 31.4 Å². The molecule has 2 aromatic rings. The lowest BCUT2D eigenvalue weighted by Crippen LogP contribution is -2.56. The number of nitrogens with one attached hydrogen (secondary N) is 1. The molecule has 4 N–H and O–H groups in total. The standard InChI is InChI=1S/C31H34F4N2O6/c1-5-29(36)17-42-27-23(29)14-18(2)30(31(33,34)35,43-19(3)26(27)20-6-9-22(32)10-7-20)16-37-28(39)21-8-11-24(41-13-12-38)25(15-21)40-4/h6-11,14-15,38H,5,12-13,16-17,36H2,1-4H3,(H,37,39)/b18-14+,26-19?. The number of rotatable bonds is 9. The van der Waals surface area contributed by atoms with Crippen LogP contribution in [0.15, 0.2) is 71.2 Å². The van der Waals surface area contributed by atoms with Gasteiger partial charge in [-0.2, -0.15) is 13.2 Å². The van der Waals surface area contributed by atoms with Crippen LogP contribution in [0, 0.1) is 5.82 Å². The van der Waals surface area contributed by atoms with Gasteiger partial charge in [0.1, 0.15) is 30.5 Å². The zero-order valence-corrected chi connectivity index (χ0v) is 24.2. The quantitative estimate of drug-likeness (QED) is 0.343. The van der Waals surface area contributed by atoms with Crippen molar-refractivity contribution in [2.75, 3.05) is 33.5 Å². The topological polar surface area (TPSA) is 112 Å². The van der Waals surface area contributed by atoms with Gasteiger partial charge in [-0.25, -0.2) is 4.39 Å². The number of carbonyl (C=O) groups is 1. The average Bonchev–Trinajstić information content (AvgIpc) is 3.28. The first kappa shape index (κ1) is 31.9. The van der Waals surface area contributed by atoms with Crippen molar-refractivity contribution in [1.82, 2.24) is 5.32 Å². The predicted octanol–water partition coefficient (Wildman–Crippen LogP) is 5.04. The Morgan fingerprint density at radius 1 is 1.14 bits per heavy atom. The molecule has 2 atom stereocenters. The van der Waals surface area contributed by atoms with Gasteiger partial charge in [-0.05, 0) is 61.7 Å². The third kappa shape index (κ3) is 6.07. The summed E-state index contributed by atoms with van der Waals surface area (Å²) < 4.78 is 81.6. The number of allylic oxidation sites excluding steroid dienone is 2. The van der Waals surface area contributed by atoms with Crippen molar-refractivity contribution in [3.05, 3.63) is 88.1 Å². The van der Waals surface area contributed by atoms with Crippen LogP contribution in [-0.2, 0) is 9.47 Å². The lowest BCUT2D eigenvalue weighted by atomic mass is 9.82. The molecule has 8 nitrogen and oxygen atoms in total. The van der Waals surface area contributed by atoms with E-state index in [-0.39, 0.29) is 59.5 Å². The summed E-state index contributed by atoms with van der Waals surface area (Å²) in [5, 5.41) is 11.4. The zero-order chi connectivity index (χ0) is 31.6. The Labute approximate surface area is 246 Å². The van der Waals surface area contributed by atoms with Gasteiger partial charge < -0.3 is 35.1 Å². The molecular formula is C31H34F4N2O6. The Bertz CT molecular complexity index is 1470. The van der Waals surface area contributed by atoms with Gasteiger partial charge >= 0.3 is 6.18 Å². The summed E-state index contributed by atoms with van der Waals surface area (Å²) in [6.45, 7) is 3.21. The molecule has 0 fully saturated rings. The molecule has 0 radical (unpaired) electrons. The SMILES string of the molecule is CCC1(N)COC2=C1/C=C(\C)C(CNC(=O)c1ccc(OCCO)c(OC)c1)(C(F)(F)F)OC(C)=C2c1ccc(F)cc1. The Kier molecular flexibility index (Phi) is 9.12. The van der Waals surface area contributed by atoms with Crippen LogP contribution in [0.2, 0.25) is 0 Å². The highest BCUT2D eigenvalue weighted by atomic mass is 19.4. The molecule has 0 spiro atoms. The van der Waals surface area contributed by atoms with Crippen LogP contribution < -0.4 is 20.5 Å². The lowest BCUT2D eigenvalue weighted by molar-refractivity contribution is -0.247. The molecule has 0 bridgehead atoms. The highest BCUT2D eigenvalue weighted by Gasteiger charge is 2.60. The second kappa shape index (κ2) is 12.3. The number of nitrogens with two attached hydrogens (primary N) is 1. The fourth-order valence-corrected chi connectivity index (χ4v) is 5.08. The van der Waals surface area contributed by atoms with Crippen molar-refractivity contribution >= 4 is 11.5 Å². The molecule has 2 aliphatic rings. The van der Waals surface area contributed by atoms with Gasteiger partial charge in [0.25, 0.3) is 5.91 Å². The molecule has 0 aromatic heterocycles.